The van der Waals surface area contributed by atoms with E-state index in [0.29, 0.717) is 0 Å². The van der Waals surface area contributed by atoms with Gasteiger partial charge in [-0.05, 0) is 0 Å². The third-order valence-electron chi connectivity index (χ3n) is 0. The number of hydrogen-bond acceptors (Lipinski definition) is 2. The predicted molar refractivity (Wildman–Crippen MR) is 26.3 cm³/mol. The monoisotopic (exact) mass is 145 g/mol. The third kappa shape index (κ3) is 394. The summed E-state index contributed by atoms with van der Waals surface area (Å²) in [5.41, 5.74) is 0. The van der Waals surface area contributed by atoms with Crippen molar-refractivity contribution in [2.45, 2.75) is 0 Å². The summed E-state index contributed by atoms with van der Waals surface area (Å²) >= 11 is 0. The van der Waals surface area contributed by atoms with Gasteiger partial charge < -0.3 is 23.1 Å². The molecule has 0 aliphatic heterocycles. The molecule has 0 aromatic carbocycles. The molecule has 3 nitrogen and oxygen atoms in total. The molecule has 0 bridgehead atoms. The first-order valence-electron chi connectivity index (χ1n) is 0.894. The van der Waals surface area contributed by atoms with E-state index in [0.717, 1.165) is 14.2 Å². The topological polar surface area (TPSA) is 72.0 Å². The minimum atomic E-state index is 0. The van der Waals surface area contributed by atoms with Crippen LogP contribution in [0.5, 0.6) is 0 Å². The molecule has 0 fully saturated rings. The summed E-state index contributed by atoms with van der Waals surface area (Å²) in [7, 11) is 2.00. The summed E-state index contributed by atoms with van der Waals surface area (Å²) in [5, 5.41) is 14.0. The zero-order valence-corrected chi connectivity index (χ0v) is 6.46. The molecule has 0 aromatic heterocycles. The summed E-state index contributed by atoms with van der Waals surface area (Å²) in [6, 6.07) is 0. The van der Waals surface area contributed by atoms with E-state index in [1.165, 1.54) is 0 Å². The van der Waals surface area contributed by atoms with Gasteiger partial charge in [-0.15, -0.1) is 0 Å². The molecule has 0 rings (SSSR count). The van der Waals surface area contributed by atoms with Crippen LogP contribution >= 0.6 is 0 Å². The summed E-state index contributed by atoms with van der Waals surface area (Å²) in [6.07, 6.45) is 0. The van der Waals surface area contributed by atoms with Crippen LogP contribution in [-0.2, 0) is 21.7 Å². The normalized spacial score (nSPS) is 1.71. The van der Waals surface area contributed by atoms with Crippen molar-refractivity contribution in [3.8, 4) is 0 Å². The molecule has 0 saturated carbocycles. The molecule has 0 unspecified atom stereocenters. The molecule has 4 heteroatoms. The van der Waals surface area contributed by atoms with E-state index in [2.05, 4.69) is 0 Å². The fraction of sp³-hybridized carbons (Fsp3) is 0.667. The number of aliphatic hydroxyl groups is 2. The van der Waals surface area contributed by atoms with Gasteiger partial charge in [-0.1, -0.05) is 0 Å². The van der Waals surface area contributed by atoms with Crippen molar-refractivity contribution in [2.24, 2.45) is 0 Å². The Labute approximate surface area is 59.6 Å². The number of hydrogen-bond donors (Lipinski definition) is 2. The van der Waals surface area contributed by atoms with Gasteiger partial charge in [0.1, 0.15) is 0 Å². The zero-order valence-electron chi connectivity index (χ0n) is 4.89. The Morgan fingerprint density at radius 1 is 0.857 bits per heavy atom. The molecule has 4 N–H and O–H groups in total. The molecule has 0 spiro atoms. The standard InChI is InChI=1S/2CH4O.CH3.H2O.Ti/c2*1-2;;;/h2*2H,1H3;1H3;1H2;/q;;-1;;. The fourth-order valence-corrected chi connectivity index (χ4v) is 0. The number of rotatable bonds is 0. The van der Waals surface area contributed by atoms with Crippen LogP contribution in [0.4, 0.5) is 0 Å². The average Bonchev–Trinajstić information content (AvgIpc) is 1.50. The van der Waals surface area contributed by atoms with Crippen LogP contribution in [0.1, 0.15) is 0 Å². The first-order chi connectivity index (χ1) is 2.00. The van der Waals surface area contributed by atoms with Crippen molar-refractivity contribution in [1.29, 1.82) is 0 Å². The Hall–Kier alpha value is 0.594. The van der Waals surface area contributed by atoms with Crippen molar-refractivity contribution in [3.63, 3.8) is 0 Å². The Balaban J connectivity index is -0.00000000267. The molecule has 0 amide bonds. The summed E-state index contributed by atoms with van der Waals surface area (Å²) in [4.78, 5) is 0. The number of aliphatic hydroxyl groups excluding tert-OH is 2. The smallest absolute Gasteiger partial charge is 0.0319 e. The molecule has 0 heterocycles. The van der Waals surface area contributed by atoms with Crippen molar-refractivity contribution >= 4 is 0 Å². The Morgan fingerprint density at radius 2 is 0.857 bits per heavy atom. The summed E-state index contributed by atoms with van der Waals surface area (Å²) < 4.78 is 0. The Bertz CT molecular complexity index is 10.1. The Morgan fingerprint density at radius 3 is 0.857 bits per heavy atom. The van der Waals surface area contributed by atoms with Gasteiger partial charge in [0, 0.05) is 35.9 Å². The van der Waals surface area contributed by atoms with Crippen LogP contribution < -0.4 is 0 Å². The SMILES string of the molecule is CO.CO.O.[CH3-].[Ti]. The van der Waals surface area contributed by atoms with Gasteiger partial charge in [0.2, 0.25) is 0 Å². The fourth-order valence-electron chi connectivity index (χ4n) is 0. The van der Waals surface area contributed by atoms with Gasteiger partial charge in [0.15, 0.2) is 0 Å². The molecule has 0 aliphatic carbocycles. The van der Waals surface area contributed by atoms with Crippen LogP contribution in [-0.4, -0.2) is 29.9 Å². The van der Waals surface area contributed by atoms with E-state index in [1.54, 1.807) is 0 Å². The maximum Gasteiger partial charge on any atom is 0.0319 e. The second-order valence-electron chi connectivity index (χ2n) is 0. The van der Waals surface area contributed by atoms with Gasteiger partial charge in [0.25, 0.3) is 0 Å². The van der Waals surface area contributed by atoms with Crippen molar-refractivity contribution < 1.29 is 37.4 Å². The van der Waals surface area contributed by atoms with Crippen LogP contribution in [0.3, 0.4) is 0 Å². The van der Waals surface area contributed by atoms with Gasteiger partial charge in [-0.3, -0.25) is 0 Å². The van der Waals surface area contributed by atoms with Gasteiger partial charge in [-0.2, -0.15) is 0 Å². The maximum atomic E-state index is 7.00. The van der Waals surface area contributed by atoms with E-state index in [4.69, 9.17) is 10.2 Å². The first-order valence-corrected chi connectivity index (χ1v) is 0.894. The molecule has 0 atom stereocenters. The van der Waals surface area contributed by atoms with E-state index in [1.807, 2.05) is 0 Å². The molecule has 0 aromatic rings. The molecular formula is C3H13O3Ti-. The molecule has 48 valence electrons. The van der Waals surface area contributed by atoms with Crippen LogP contribution in [0, 0.1) is 7.43 Å². The van der Waals surface area contributed by atoms with E-state index in [9.17, 15) is 0 Å². The largest absolute Gasteiger partial charge is 0.412 e. The predicted octanol–water partition coefficient (Wildman–Crippen LogP) is -1.16. The van der Waals surface area contributed by atoms with E-state index >= 15 is 0 Å². The van der Waals surface area contributed by atoms with Gasteiger partial charge >= 0.3 is 0 Å². The summed E-state index contributed by atoms with van der Waals surface area (Å²) in [5.74, 6) is 0. The van der Waals surface area contributed by atoms with Crippen LogP contribution in [0.15, 0.2) is 0 Å². The molecule has 7 heavy (non-hydrogen) atoms. The quantitative estimate of drug-likeness (QED) is 0.333. The molecular weight excluding hydrogens is 132 g/mol. The molecule has 0 radical (unpaired) electrons. The van der Waals surface area contributed by atoms with Crippen molar-refractivity contribution in [3.05, 3.63) is 7.43 Å². The molecule has 0 aliphatic rings. The van der Waals surface area contributed by atoms with Gasteiger partial charge in [0.05, 0.1) is 0 Å². The van der Waals surface area contributed by atoms with Crippen molar-refractivity contribution in [1.82, 2.24) is 0 Å². The van der Waals surface area contributed by atoms with E-state index in [-0.39, 0.29) is 34.6 Å². The van der Waals surface area contributed by atoms with Gasteiger partial charge in [-0.25, -0.2) is 0 Å². The minimum Gasteiger partial charge on any atom is -0.412 e. The van der Waals surface area contributed by atoms with Crippen molar-refractivity contribution in [2.75, 3.05) is 14.2 Å². The van der Waals surface area contributed by atoms with Crippen LogP contribution in [0.2, 0.25) is 0 Å². The zero-order chi connectivity index (χ0) is 4.00. The average molecular weight is 145 g/mol. The maximum absolute atomic E-state index is 7.00. The first kappa shape index (κ1) is 49.1. The second-order valence-corrected chi connectivity index (χ2v) is 0. The third-order valence-corrected chi connectivity index (χ3v) is 0. The summed E-state index contributed by atoms with van der Waals surface area (Å²) in [6.45, 7) is 0. The molecule has 0 saturated heterocycles. The second kappa shape index (κ2) is 584. The van der Waals surface area contributed by atoms with Crippen LogP contribution in [0.25, 0.3) is 0 Å². The minimum absolute atomic E-state index is 0. The van der Waals surface area contributed by atoms with E-state index < -0.39 is 0 Å². The Kier molecular flexibility index (Phi) is 4100.